The van der Waals surface area contributed by atoms with Gasteiger partial charge >= 0.3 is 112 Å². The number of carbonyl (C=O) groups is 5. The molecule has 6 aromatic rings. The minimum Gasteiger partial charge on any atom is -0.790 e. The number of hydrogen-bond donors (Lipinski definition) is 2. The van der Waals surface area contributed by atoms with Crippen LogP contribution in [0.4, 0.5) is 0 Å². The van der Waals surface area contributed by atoms with Gasteiger partial charge in [0, 0.05) is 7.11 Å². The number of aliphatic hydroxyl groups is 2. The summed E-state index contributed by atoms with van der Waals surface area (Å²) in [7, 11) is 0.725. The number of phosphoric acid groups is 1. The number of aliphatic hydroxyl groups excluding tert-OH is 2. The first kappa shape index (κ1) is 104. The standard InChI is InChI=1S/C17H17O4.C12H14O6.C10H15O6P.C10H10O5.C8H10O2.C2H6O2.CO2.CH4O.Ca.3Li.HOP/c1-14-7-9-15(10-8-14)13-21-20-12-11-19-17(18)16-5-3-2-4-6-16;13-5-6-18-12(15)10-1-3-11(4-2-10)17-8-7-16-9-14;1-9-2-4-10(5-3-9)8-15-14-6-7-16-17(11,12)13;11-7-14-5-6-15-9-3-1-8(2-4-9)10(12)13;1-7-2-4-8(5-3-7)6-10-9;1-3-4-2;2-1-3;1-2;;;;;1-2/h3-10H,11-13H2,1H3;1-4,9,13H,5-8H2;2-5H,6-8H2,1H3,(H2,11,12,13);1-4,7H,5-6H2,(H,12,13);2-5,9H,6H2,1H3;1-2H3;;2H,1H3;;;;;2H/q-1;;;;;;;;+2;3*+1;/p-4. The Bertz CT molecular complexity index is 2860. The monoisotopic (exact) mass is 1390 g/mol. The second kappa shape index (κ2) is 73.8. The number of rotatable bonds is 31. The average Bonchev–Trinajstić information content (AvgIpc) is 1.12. The topological polar surface area (TPSA) is 416 Å². The molecule has 0 bridgehead atoms. The maximum absolute atomic E-state index is 11.6. The van der Waals surface area contributed by atoms with Crippen LogP contribution in [-0.4, -0.2) is 172 Å². The molecule has 0 unspecified atom stereocenters. The van der Waals surface area contributed by atoms with E-state index < -0.39 is 19.8 Å². The van der Waals surface area contributed by atoms with Gasteiger partial charge in [0.2, 0.25) is 0 Å². The van der Waals surface area contributed by atoms with Crippen molar-refractivity contribution in [3.8, 4) is 11.5 Å². The smallest absolute Gasteiger partial charge is 0.790 e. The molecule has 0 aliphatic carbocycles. The molecule has 6 rings (SSSR count). The Hall–Kier alpha value is -5.49. The third-order valence-corrected chi connectivity index (χ3v) is 10.2. The Morgan fingerprint density at radius 3 is 1.20 bits per heavy atom. The molecule has 0 aliphatic rings. The third kappa shape index (κ3) is 63.3. The summed E-state index contributed by atoms with van der Waals surface area (Å²) in [4.78, 5) is 121. The van der Waals surface area contributed by atoms with Gasteiger partial charge < -0.3 is 77.6 Å². The van der Waals surface area contributed by atoms with E-state index in [1.54, 1.807) is 57.7 Å². The van der Waals surface area contributed by atoms with Gasteiger partial charge in [0.25, 0.3) is 12.9 Å². The fraction of sp³-hybridized carbons (Fsp3) is 0.311. The summed E-state index contributed by atoms with van der Waals surface area (Å²) in [5, 5.41) is 35.6. The van der Waals surface area contributed by atoms with Crippen LogP contribution >= 0.6 is 16.9 Å². The number of benzene rings is 6. The zero-order valence-corrected chi connectivity index (χ0v) is 58.9. The van der Waals surface area contributed by atoms with Crippen molar-refractivity contribution in [2.24, 2.45) is 0 Å². The second-order valence-electron chi connectivity index (χ2n) is 16.3. The first-order chi connectivity index (χ1) is 44.4. The summed E-state index contributed by atoms with van der Waals surface area (Å²) >= 11 is 0. The predicted octanol–water partition coefficient (Wildman–Crippen LogP) is -5.51. The van der Waals surface area contributed by atoms with Crippen LogP contribution in [0.25, 0.3) is 0 Å². The number of aromatic carboxylic acids is 1. The zero-order chi connectivity index (χ0) is 69.5. The molecule has 29 nitrogen and oxygen atoms in total. The van der Waals surface area contributed by atoms with Gasteiger partial charge in [-0.3, -0.25) is 14.2 Å². The molecule has 0 saturated heterocycles. The molecule has 0 fully saturated rings. The Morgan fingerprint density at radius 2 is 0.865 bits per heavy atom. The molecule has 35 heteroatoms. The van der Waals surface area contributed by atoms with Crippen LogP contribution in [-0.2, 0) is 106 Å². The maximum Gasteiger partial charge on any atom is 2.00 e. The van der Waals surface area contributed by atoms with Crippen LogP contribution in [0.1, 0.15) is 64.5 Å². The maximum atomic E-state index is 11.6. The van der Waals surface area contributed by atoms with Gasteiger partial charge in [0.1, 0.15) is 86.7 Å². The van der Waals surface area contributed by atoms with Gasteiger partial charge in [-0.25, -0.2) is 38.9 Å². The molecule has 0 aliphatic heterocycles. The van der Waals surface area contributed by atoms with Crippen LogP contribution in [0.5, 0.6) is 11.5 Å². The van der Waals surface area contributed by atoms with Crippen molar-refractivity contribution in [3.05, 3.63) is 202 Å². The first-order valence-corrected chi connectivity index (χ1v) is 28.2. The number of aryl methyl sites for hydroxylation is 3. The van der Waals surface area contributed by atoms with Gasteiger partial charge in [-0.15, -0.1) is 0 Å². The van der Waals surface area contributed by atoms with Crippen molar-refractivity contribution in [2.75, 3.05) is 87.4 Å². The molecule has 0 spiro atoms. The molecule has 506 valence electrons. The summed E-state index contributed by atoms with van der Waals surface area (Å²) in [6.45, 7) is 7.88. The quantitative estimate of drug-likeness (QED) is 0.00472. The fourth-order valence-corrected chi connectivity index (χ4v) is 5.82. The minimum absolute atomic E-state index is 0. The zero-order valence-electron chi connectivity index (χ0n) is 54.8. The van der Waals surface area contributed by atoms with E-state index in [2.05, 4.69) is 39.6 Å². The average molecular weight is 1390 g/mol. The summed E-state index contributed by atoms with van der Waals surface area (Å²) < 4.78 is 51.1. The third-order valence-electron chi connectivity index (χ3n) is 9.72. The number of esters is 2. The Labute approximate surface area is 624 Å². The molecular formula is C61H73CaLi3O29P2. The molecule has 6 aromatic carbocycles. The molecule has 0 saturated carbocycles. The van der Waals surface area contributed by atoms with E-state index in [0.29, 0.717) is 42.2 Å². The molecule has 2 N–H and O–H groups in total. The normalized spacial score (nSPS) is 9.11. The molecular weight excluding hydrogens is 1320 g/mol. The SMILES string of the molecule is CO.COOC.Cc1ccc(COOCCOC(=O)c2cc[c-]cc2)cc1.Cc1ccc(COOCCOP(=O)([O-])[O-])cc1.Cc1ccc(CO[O-])cc1.O=C=O.O=COCCOc1ccc(C(=O)OCCO)cc1.O=COCCOc1ccc(C(=O)[O-])cc1.O=P.[Ca+2].[Li+].[Li+].[Li+]. The van der Waals surface area contributed by atoms with Gasteiger partial charge in [-0.05, 0) is 97.1 Å². The molecule has 0 radical (unpaired) electrons. The Balaban J connectivity index is -0.000000199. The summed E-state index contributed by atoms with van der Waals surface area (Å²) in [5.74, 6) is -1.05. The van der Waals surface area contributed by atoms with E-state index in [4.69, 9.17) is 58.0 Å². The van der Waals surface area contributed by atoms with Gasteiger partial charge in [-0.1, -0.05) is 89.5 Å². The van der Waals surface area contributed by atoms with Crippen molar-refractivity contribution < 1.29 is 197 Å². The summed E-state index contributed by atoms with van der Waals surface area (Å²) in [6, 6.07) is 44.9. The molecule has 0 amide bonds. The van der Waals surface area contributed by atoms with Crippen molar-refractivity contribution in [1.29, 1.82) is 0 Å². The Kier molecular flexibility index (Phi) is 79.9. The van der Waals surface area contributed by atoms with Crippen molar-refractivity contribution >= 4 is 91.7 Å². The largest absolute Gasteiger partial charge is 2.00 e. The molecule has 96 heavy (non-hydrogen) atoms. The molecule has 0 heterocycles. The van der Waals surface area contributed by atoms with E-state index in [9.17, 15) is 48.7 Å². The fourth-order valence-electron chi connectivity index (χ4n) is 5.52. The second-order valence-corrected chi connectivity index (χ2v) is 17.5. The van der Waals surface area contributed by atoms with E-state index in [1.807, 2.05) is 93.6 Å². The van der Waals surface area contributed by atoms with Crippen molar-refractivity contribution in [1.82, 2.24) is 0 Å². The summed E-state index contributed by atoms with van der Waals surface area (Å²) in [6.07, 6.45) is 0.250. The number of carboxylic acids is 1. The number of hydrogen-bond acceptors (Lipinski definition) is 29. The van der Waals surface area contributed by atoms with Crippen LogP contribution in [0.15, 0.2) is 146 Å². The van der Waals surface area contributed by atoms with Crippen LogP contribution in [0.3, 0.4) is 0 Å². The van der Waals surface area contributed by atoms with Crippen molar-refractivity contribution in [2.45, 2.75) is 40.6 Å². The minimum atomic E-state index is -4.91. The number of ether oxygens (including phenoxy) is 6. The Morgan fingerprint density at radius 1 is 0.521 bits per heavy atom. The molecule has 0 atom stereocenters. The van der Waals surface area contributed by atoms with Gasteiger partial charge in [0.05, 0.1) is 53.4 Å². The van der Waals surface area contributed by atoms with Gasteiger partial charge in [-0.2, -0.15) is 39.9 Å². The first-order valence-electron chi connectivity index (χ1n) is 26.4. The van der Waals surface area contributed by atoms with Gasteiger partial charge in [0.15, 0.2) is 0 Å². The molecule has 0 aromatic heterocycles. The van der Waals surface area contributed by atoms with E-state index in [-0.39, 0.29) is 191 Å². The predicted molar refractivity (Wildman–Crippen MR) is 320 cm³/mol. The summed E-state index contributed by atoms with van der Waals surface area (Å²) in [5.41, 5.74) is 7.36. The van der Waals surface area contributed by atoms with Crippen molar-refractivity contribution in [3.63, 3.8) is 0 Å². The number of carboxylic acid groups (broad SMARTS) is 1. The van der Waals surface area contributed by atoms with E-state index in [1.165, 1.54) is 49.6 Å². The van der Waals surface area contributed by atoms with Crippen LogP contribution in [0, 0.1) is 26.8 Å². The number of carbonyl (C=O) groups excluding carboxylic acids is 7. The van der Waals surface area contributed by atoms with E-state index in [0.717, 1.165) is 29.4 Å². The van der Waals surface area contributed by atoms with Crippen LogP contribution < -0.4 is 86.2 Å². The number of phosphoric ester groups is 1. The van der Waals surface area contributed by atoms with E-state index >= 15 is 0 Å². The van der Waals surface area contributed by atoms with Crippen LogP contribution in [0.2, 0.25) is 0 Å².